The molecule has 2 saturated heterocycles. The van der Waals surface area contributed by atoms with Gasteiger partial charge in [0.15, 0.2) is 6.10 Å². The Labute approximate surface area is 142 Å². The molecule has 0 aromatic rings. The molecule has 0 amide bonds. The first-order chi connectivity index (χ1) is 11.3. The van der Waals surface area contributed by atoms with E-state index in [1.807, 2.05) is 27.7 Å². The van der Waals surface area contributed by atoms with Gasteiger partial charge in [0.05, 0.1) is 18.4 Å². The van der Waals surface area contributed by atoms with Gasteiger partial charge in [0.2, 0.25) is 0 Å². The van der Waals surface area contributed by atoms with Crippen molar-refractivity contribution in [2.75, 3.05) is 21.0 Å². The van der Waals surface area contributed by atoms with Gasteiger partial charge in [-0.1, -0.05) is 13.8 Å². The number of carbonyl (C=O) groups is 2. The predicted octanol–water partition coefficient (Wildman–Crippen LogP) is 1.53. The molecule has 7 heteroatoms. The number of fused-ring (bicyclic) bond motifs is 2. The van der Waals surface area contributed by atoms with E-state index < -0.39 is 35.7 Å². The van der Waals surface area contributed by atoms with Crippen LogP contribution in [0.15, 0.2) is 0 Å². The van der Waals surface area contributed by atoms with Crippen molar-refractivity contribution in [2.45, 2.75) is 58.5 Å². The first-order valence-electron chi connectivity index (χ1n) is 8.33. The van der Waals surface area contributed by atoms with Crippen LogP contribution in [0.5, 0.6) is 0 Å². The number of ether oxygens (including phenoxy) is 5. The molecule has 24 heavy (non-hydrogen) atoms. The average molecular weight is 344 g/mol. The lowest BCUT2D eigenvalue weighted by Gasteiger charge is -2.35. The maximum absolute atomic E-state index is 12.5. The minimum Gasteiger partial charge on any atom is -0.469 e. The summed E-state index contributed by atoms with van der Waals surface area (Å²) in [7, 11) is 2.86. The van der Waals surface area contributed by atoms with E-state index in [0.717, 1.165) is 0 Å². The molecule has 2 rings (SSSR count). The Bertz CT molecular complexity index is 476. The molecule has 0 spiro atoms. The molecule has 0 N–H and O–H groups in total. The van der Waals surface area contributed by atoms with Crippen LogP contribution in [-0.4, -0.2) is 57.4 Å². The fourth-order valence-corrected chi connectivity index (χ4v) is 3.31. The second kappa shape index (κ2) is 7.37. The lowest BCUT2D eigenvalue weighted by Crippen LogP contribution is -2.52. The highest BCUT2D eigenvalue weighted by molar-refractivity contribution is 5.77. The van der Waals surface area contributed by atoms with Gasteiger partial charge in [-0.25, -0.2) is 0 Å². The van der Waals surface area contributed by atoms with Crippen molar-refractivity contribution in [3.05, 3.63) is 0 Å². The topological polar surface area (TPSA) is 80.3 Å². The standard InChI is InChI=1S/C17H28O7/c1-7-17(3,4)16(19)24-14-11-9(2)10(15(18)21-6)12(23-11)13(14)22-8-20-5/h9-14H,7-8H2,1-6H3. The number of esters is 2. The zero-order chi connectivity index (χ0) is 18.1. The Balaban J connectivity index is 2.19. The van der Waals surface area contributed by atoms with Gasteiger partial charge < -0.3 is 23.7 Å². The van der Waals surface area contributed by atoms with Gasteiger partial charge >= 0.3 is 11.9 Å². The van der Waals surface area contributed by atoms with E-state index in [2.05, 4.69) is 0 Å². The van der Waals surface area contributed by atoms with E-state index in [1.165, 1.54) is 14.2 Å². The van der Waals surface area contributed by atoms with Crippen LogP contribution >= 0.6 is 0 Å². The molecule has 0 saturated carbocycles. The number of hydrogen-bond acceptors (Lipinski definition) is 7. The molecule has 2 aliphatic heterocycles. The molecule has 0 radical (unpaired) electrons. The molecule has 6 atom stereocenters. The van der Waals surface area contributed by atoms with Gasteiger partial charge in [0, 0.05) is 13.0 Å². The maximum Gasteiger partial charge on any atom is 0.311 e. The van der Waals surface area contributed by atoms with Crippen molar-refractivity contribution in [1.29, 1.82) is 0 Å². The lowest BCUT2D eigenvalue weighted by atomic mass is 9.77. The molecule has 138 valence electrons. The van der Waals surface area contributed by atoms with Crippen molar-refractivity contribution in [2.24, 2.45) is 17.3 Å². The summed E-state index contributed by atoms with van der Waals surface area (Å²) in [4.78, 5) is 24.5. The summed E-state index contributed by atoms with van der Waals surface area (Å²) in [6, 6.07) is 0. The van der Waals surface area contributed by atoms with Crippen LogP contribution in [0, 0.1) is 17.3 Å². The second-order valence-corrected chi connectivity index (χ2v) is 7.12. The van der Waals surface area contributed by atoms with Crippen molar-refractivity contribution in [1.82, 2.24) is 0 Å². The second-order valence-electron chi connectivity index (χ2n) is 7.12. The van der Waals surface area contributed by atoms with E-state index >= 15 is 0 Å². The van der Waals surface area contributed by atoms with Crippen molar-refractivity contribution >= 4 is 11.9 Å². The van der Waals surface area contributed by atoms with Gasteiger partial charge in [-0.05, 0) is 20.3 Å². The molecular weight excluding hydrogens is 316 g/mol. The summed E-state index contributed by atoms with van der Waals surface area (Å²) in [6.07, 6.45) is -1.34. The van der Waals surface area contributed by atoms with E-state index in [-0.39, 0.29) is 24.6 Å². The fourth-order valence-electron chi connectivity index (χ4n) is 3.31. The van der Waals surface area contributed by atoms with E-state index in [1.54, 1.807) is 0 Å². The fraction of sp³-hybridized carbons (Fsp3) is 0.882. The van der Waals surface area contributed by atoms with Crippen molar-refractivity contribution in [3.63, 3.8) is 0 Å². The third kappa shape index (κ3) is 3.30. The molecule has 0 aliphatic carbocycles. The predicted molar refractivity (Wildman–Crippen MR) is 84.0 cm³/mol. The summed E-state index contributed by atoms with van der Waals surface area (Å²) >= 11 is 0. The summed E-state index contributed by atoms with van der Waals surface area (Å²) in [6.45, 7) is 7.56. The van der Waals surface area contributed by atoms with Gasteiger partial charge in [0.1, 0.15) is 25.1 Å². The van der Waals surface area contributed by atoms with Crippen LogP contribution in [0.3, 0.4) is 0 Å². The first-order valence-corrected chi connectivity index (χ1v) is 8.33. The van der Waals surface area contributed by atoms with E-state index in [9.17, 15) is 9.59 Å². The Morgan fingerprint density at radius 1 is 1.12 bits per heavy atom. The van der Waals surface area contributed by atoms with Gasteiger partial charge in [-0.2, -0.15) is 0 Å². The molecule has 0 aromatic carbocycles. The number of methoxy groups -OCH3 is 2. The monoisotopic (exact) mass is 344 g/mol. The zero-order valence-corrected chi connectivity index (χ0v) is 15.2. The van der Waals surface area contributed by atoms with Gasteiger partial charge in [-0.3, -0.25) is 9.59 Å². The Hall–Kier alpha value is -1.18. The Kier molecular flexibility index (Phi) is 5.88. The summed E-state index contributed by atoms with van der Waals surface area (Å²) < 4.78 is 27.2. The molecule has 2 aliphatic rings. The number of carbonyl (C=O) groups excluding carboxylic acids is 2. The Morgan fingerprint density at radius 3 is 2.33 bits per heavy atom. The van der Waals surface area contributed by atoms with E-state index in [4.69, 9.17) is 23.7 Å². The minimum absolute atomic E-state index is 0.0325. The number of hydrogen-bond donors (Lipinski definition) is 0. The third-order valence-electron chi connectivity index (χ3n) is 5.26. The summed E-state index contributed by atoms with van der Waals surface area (Å²) in [5, 5.41) is 0. The molecule has 2 heterocycles. The van der Waals surface area contributed by atoms with Crippen LogP contribution in [-0.2, 0) is 33.3 Å². The minimum atomic E-state index is -0.585. The Morgan fingerprint density at radius 2 is 1.79 bits per heavy atom. The van der Waals surface area contributed by atoms with E-state index in [0.29, 0.717) is 6.42 Å². The van der Waals surface area contributed by atoms with Crippen LogP contribution in [0.25, 0.3) is 0 Å². The molecule has 2 fully saturated rings. The highest BCUT2D eigenvalue weighted by Gasteiger charge is 2.63. The molecule has 7 nitrogen and oxygen atoms in total. The molecule has 2 bridgehead atoms. The largest absolute Gasteiger partial charge is 0.469 e. The quantitative estimate of drug-likeness (QED) is 0.512. The average Bonchev–Trinajstić information content (AvgIpc) is 3.07. The van der Waals surface area contributed by atoms with Crippen LogP contribution in [0.1, 0.15) is 34.1 Å². The van der Waals surface area contributed by atoms with Crippen molar-refractivity contribution in [3.8, 4) is 0 Å². The molecule has 6 unspecified atom stereocenters. The summed E-state index contributed by atoms with van der Waals surface area (Å²) in [5.41, 5.74) is -0.585. The first kappa shape index (κ1) is 19.1. The van der Waals surface area contributed by atoms with Crippen LogP contribution in [0.2, 0.25) is 0 Å². The zero-order valence-electron chi connectivity index (χ0n) is 15.2. The van der Waals surface area contributed by atoms with Crippen molar-refractivity contribution < 1.29 is 33.3 Å². The third-order valence-corrected chi connectivity index (χ3v) is 5.26. The van der Waals surface area contributed by atoms with Gasteiger partial charge in [0.25, 0.3) is 0 Å². The SMILES string of the molecule is CCC(C)(C)C(=O)OC1C2OC(C1OCOC)C(C(=O)OC)C2C. The normalized spacial score (nSPS) is 35.1. The highest BCUT2D eigenvalue weighted by atomic mass is 16.7. The maximum atomic E-state index is 12.5. The van der Waals surface area contributed by atoms with Crippen LogP contribution < -0.4 is 0 Å². The number of rotatable bonds is 7. The smallest absolute Gasteiger partial charge is 0.311 e. The van der Waals surface area contributed by atoms with Gasteiger partial charge in [-0.15, -0.1) is 0 Å². The molecule has 0 aromatic heterocycles. The van der Waals surface area contributed by atoms with Crippen LogP contribution in [0.4, 0.5) is 0 Å². The molecular formula is C17H28O7. The highest BCUT2D eigenvalue weighted by Crippen LogP contribution is 2.47. The lowest BCUT2D eigenvalue weighted by molar-refractivity contribution is -0.181. The summed E-state index contributed by atoms with van der Waals surface area (Å²) in [5.74, 6) is -1.18.